The van der Waals surface area contributed by atoms with E-state index >= 15 is 0 Å². The Kier molecular flexibility index (Phi) is 8.56. The van der Waals surface area contributed by atoms with Crippen molar-refractivity contribution in [2.75, 3.05) is 4.90 Å². The van der Waals surface area contributed by atoms with Gasteiger partial charge in [-0.1, -0.05) is 188 Å². The molecule has 0 radical (unpaired) electrons. The van der Waals surface area contributed by atoms with Crippen molar-refractivity contribution in [3.05, 3.63) is 237 Å². The molecule has 0 fully saturated rings. The minimum Gasteiger partial charge on any atom is -0.311 e. The van der Waals surface area contributed by atoms with Gasteiger partial charge in [-0.15, -0.1) is 0 Å². The highest BCUT2D eigenvalue weighted by Crippen LogP contribution is 2.50. The lowest BCUT2D eigenvalue weighted by atomic mass is 9.81. The molecule has 0 N–H and O–H groups in total. The number of fused-ring (bicyclic) bond motifs is 7. The first kappa shape index (κ1) is 34.5. The van der Waals surface area contributed by atoms with Crippen LogP contribution in [0.2, 0.25) is 0 Å². The summed E-state index contributed by atoms with van der Waals surface area (Å²) in [6.45, 7) is 0. The summed E-state index contributed by atoms with van der Waals surface area (Å²) < 4.78 is 0. The van der Waals surface area contributed by atoms with Crippen molar-refractivity contribution in [1.29, 1.82) is 0 Å². The van der Waals surface area contributed by atoms with Gasteiger partial charge < -0.3 is 4.90 Å². The fourth-order valence-electron chi connectivity index (χ4n) is 9.17. The topological polar surface area (TPSA) is 3.24 Å². The number of benzene rings is 11. The van der Waals surface area contributed by atoms with E-state index in [0.29, 0.717) is 0 Å². The molecule has 0 aliphatic carbocycles. The average Bonchev–Trinajstić information content (AvgIpc) is 3.32. The van der Waals surface area contributed by atoms with Gasteiger partial charge in [-0.3, -0.25) is 0 Å². The van der Waals surface area contributed by atoms with Gasteiger partial charge in [0.05, 0.1) is 0 Å². The lowest BCUT2D eigenvalue weighted by Gasteiger charge is -2.26. The van der Waals surface area contributed by atoms with Gasteiger partial charge in [-0.25, -0.2) is 0 Å². The van der Waals surface area contributed by atoms with E-state index in [0.717, 1.165) is 17.1 Å². The van der Waals surface area contributed by atoms with E-state index in [1.54, 1.807) is 0 Å². The van der Waals surface area contributed by atoms with Crippen molar-refractivity contribution in [2.45, 2.75) is 0 Å². The molecule has 1 nitrogen and oxygen atoms in total. The molecule has 0 aliphatic heterocycles. The summed E-state index contributed by atoms with van der Waals surface area (Å²) in [6, 6.07) is 86.3. The van der Waals surface area contributed by atoms with Crippen molar-refractivity contribution < 1.29 is 0 Å². The molecular formula is C58H39N. The van der Waals surface area contributed by atoms with Crippen LogP contribution in [0.5, 0.6) is 0 Å². The Morgan fingerprint density at radius 2 is 0.729 bits per heavy atom. The molecule has 1 heteroatoms. The van der Waals surface area contributed by atoms with Crippen molar-refractivity contribution in [3.63, 3.8) is 0 Å². The van der Waals surface area contributed by atoms with Gasteiger partial charge in [0.1, 0.15) is 0 Å². The maximum atomic E-state index is 2.44. The van der Waals surface area contributed by atoms with Crippen LogP contribution in [-0.2, 0) is 0 Å². The van der Waals surface area contributed by atoms with Crippen LogP contribution in [0.25, 0.3) is 87.6 Å². The Morgan fingerprint density at radius 1 is 0.237 bits per heavy atom. The summed E-state index contributed by atoms with van der Waals surface area (Å²) in [5, 5.41) is 10.0. The van der Waals surface area contributed by atoms with Gasteiger partial charge in [-0.2, -0.15) is 0 Å². The third-order valence-corrected chi connectivity index (χ3v) is 11.8. The molecule has 0 amide bonds. The minimum atomic E-state index is 1.10. The molecule has 0 aromatic heterocycles. The SMILES string of the molecule is c1ccc(-c2cc(-c3ccccc3)c3c4ccccc4c4cc(-c5cccc6ccccc56)ccc4c3c2-c2ccc(N(c3ccccc3)c3ccccc3)cc2)cc1. The maximum Gasteiger partial charge on any atom is 0.0462 e. The molecule has 0 heterocycles. The molecule has 11 aromatic rings. The molecule has 0 bridgehead atoms. The first-order valence-electron chi connectivity index (χ1n) is 20.3. The van der Waals surface area contributed by atoms with Crippen LogP contribution in [-0.4, -0.2) is 0 Å². The lowest BCUT2D eigenvalue weighted by Crippen LogP contribution is -2.09. The number of hydrogen-bond donors (Lipinski definition) is 0. The van der Waals surface area contributed by atoms with Gasteiger partial charge in [0.15, 0.2) is 0 Å². The summed E-state index contributed by atoms with van der Waals surface area (Å²) in [5.41, 5.74) is 13.0. The average molecular weight is 750 g/mol. The highest BCUT2D eigenvalue weighted by Gasteiger charge is 2.23. The van der Waals surface area contributed by atoms with Crippen LogP contribution in [0.4, 0.5) is 17.1 Å². The van der Waals surface area contributed by atoms with Crippen LogP contribution in [0, 0.1) is 0 Å². The zero-order valence-electron chi connectivity index (χ0n) is 32.5. The van der Waals surface area contributed by atoms with Crippen molar-refractivity contribution in [3.8, 4) is 44.5 Å². The Morgan fingerprint density at radius 3 is 1.39 bits per heavy atom. The summed E-state index contributed by atoms with van der Waals surface area (Å²) in [7, 11) is 0. The van der Waals surface area contributed by atoms with Crippen LogP contribution >= 0.6 is 0 Å². The molecule has 11 aromatic carbocycles. The van der Waals surface area contributed by atoms with Gasteiger partial charge in [0.2, 0.25) is 0 Å². The van der Waals surface area contributed by atoms with Crippen molar-refractivity contribution in [1.82, 2.24) is 0 Å². The van der Waals surface area contributed by atoms with E-state index in [-0.39, 0.29) is 0 Å². The molecule has 0 spiro atoms. The van der Waals surface area contributed by atoms with Crippen molar-refractivity contribution in [2.24, 2.45) is 0 Å². The number of rotatable bonds is 7. The van der Waals surface area contributed by atoms with Gasteiger partial charge in [0.25, 0.3) is 0 Å². The predicted octanol–water partition coefficient (Wildman–Crippen LogP) is 16.4. The second-order valence-corrected chi connectivity index (χ2v) is 15.2. The van der Waals surface area contributed by atoms with Gasteiger partial charge in [-0.05, 0) is 136 Å². The zero-order valence-corrected chi connectivity index (χ0v) is 32.5. The molecule has 0 unspecified atom stereocenters. The molecule has 0 saturated heterocycles. The van der Waals surface area contributed by atoms with E-state index in [9.17, 15) is 0 Å². The fraction of sp³-hybridized carbons (Fsp3) is 0. The van der Waals surface area contributed by atoms with Crippen LogP contribution in [0.15, 0.2) is 237 Å². The minimum absolute atomic E-state index is 1.10. The molecule has 0 atom stereocenters. The van der Waals surface area contributed by atoms with Gasteiger partial charge in [0, 0.05) is 17.1 Å². The third-order valence-electron chi connectivity index (χ3n) is 11.8. The van der Waals surface area contributed by atoms with Crippen LogP contribution in [0.1, 0.15) is 0 Å². The van der Waals surface area contributed by atoms with E-state index in [4.69, 9.17) is 0 Å². The Hall–Kier alpha value is -7.74. The zero-order chi connectivity index (χ0) is 39.1. The number of anilines is 3. The highest BCUT2D eigenvalue weighted by molar-refractivity contribution is 6.33. The van der Waals surface area contributed by atoms with E-state index in [1.807, 2.05) is 0 Å². The Bertz CT molecular complexity index is 3240. The maximum absolute atomic E-state index is 2.44. The Labute approximate surface area is 344 Å². The normalized spacial score (nSPS) is 11.4. The number of para-hydroxylation sites is 2. The first-order chi connectivity index (χ1) is 29.3. The molecule has 0 aliphatic rings. The van der Waals surface area contributed by atoms with Crippen LogP contribution < -0.4 is 4.90 Å². The molecular weight excluding hydrogens is 711 g/mol. The lowest BCUT2D eigenvalue weighted by molar-refractivity contribution is 1.28. The first-order valence-corrected chi connectivity index (χ1v) is 20.3. The van der Waals surface area contributed by atoms with E-state index in [1.165, 1.54) is 87.6 Å². The second-order valence-electron chi connectivity index (χ2n) is 15.2. The van der Waals surface area contributed by atoms with Gasteiger partial charge >= 0.3 is 0 Å². The molecule has 276 valence electrons. The van der Waals surface area contributed by atoms with E-state index in [2.05, 4.69) is 241 Å². The molecule has 59 heavy (non-hydrogen) atoms. The fourth-order valence-corrected chi connectivity index (χ4v) is 9.17. The monoisotopic (exact) mass is 749 g/mol. The molecule has 11 rings (SSSR count). The molecule has 0 saturated carbocycles. The Balaban J connectivity index is 1.24. The second kappa shape index (κ2) is 14.6. The summed E-state index contributed by atoms with van der Waals surface area (Å²) in [5.74, 6) is 0. The quantitative estimate of drug-likeness (QED) is 0.147. The number of nitrogens with zero attached hydrogens (tertiary/aromatic N) is 1. The predicted molar refractivity (Wildman–Crippen MR) is 253 cm³/mol. The van der Waals surface area contributed by atoms with Crippen LogP contribution in [0.3, 0.4) is 0 Å². The summed E-state index contributed by atoms with van der Waals surface area (Å²) in [6.07, 6.45) is 0. The third kappa shape index (κ3) is 6.04. The highest BCUT2D eigenvalue weighted by atomic mass is 15.1. The van der Waals surface area contributed by atoms with Crippen molar-refractivity contribution >= 4 is 60.2 Å². The largest absolute Gasteiger partial charge is 0.311 e. The smallest absolute Gasteiger partial charge is 0.0462 e. The summed E-state index contributed by atoms with van der Waals surface area (Å²) >= 11 is 0. The summed E-state index contributed by atoms with van der Waals surface area (Å²) in [4.78, 5) is 2.33. The standard InChI is InChI=1S/C58H39N/c1-5-18-41(19-6-1)53-39-54(42-20-7-2-8-21-42)57-51-30-16-15-29-50(51)55-38-44(49-31-17-23-40-22-13-14-28-48(40)49)34-37-52(55)58(57)56(53)43-32-35-47(36-33-43)59(45-24-9-3-10-25-45)46-26-11-4-12-27-46/h1-39H. The van der Waals surface area contributed by atoms with E-state index < -0.39 is 0 Å². The number of hydrogen-bond acceptors (Lipinski definition) is 1.